The SMILES string of the molecule is O=C1C=CCC([C@H](O)C(Cl)c2ccccc2)O1. The van der Waals surface area contributed by atoms with E-state index in [0.717, 1.165) is 5.56 Å². The quantitative estimate of drug-likeness (QED) is 0.663. The number of carbonyl (C=O) groups excluding carboxylic acids is 1. The van der Waals surface area contributed by atoms with Gasteiger partial charge in [-0.2, -0.15) is 0 Å². The van der Waals surface area contributed by atoms with E-state index in [4.69, 9.17) is 16.3 Å². The molecular weight excluding hydrogens is 240 g/mol. The highest BCUT2D eigenvalue weighted by molar-refractivity contribution is 6.21. The Kier molecular flexibility index (Phi) is 3.82. The fourth-order valence-electron chi connectivity index (χ4n) is 1.77. The molecule has 0 saturated heterocycles. The van der Waals surface area contributed by atoms with Crippen molar-refractivity contribution in [2.75, 3.05) is 0 Å². The number of aliphatic hydroxyl groups is 1. The van der Waals surface area contributed by atoms with Crippen molar-refractivity contribution in [1.29, 1.82) is 0 Å². The number of aliphatic hydroxyl groups excluding tert-OH is 1. The normalized spacial score (nSPS) is 22.9. The first-order valence-electron chi connectivity index (χ1n) is 5.42. The molecule has 0 radical (unpaired) electrons. The summed E-state index contributed by atoms with van der Waals surface area (Å²) in [4.78, 5) is 11.1. The van der Waals surface area contributed by atoms with Gasteiger partial charge in [-0.15, -0.1) is 11.6 Å². The highest BCUT2D eigenvalue weighted by Crippen LogP contribution is 2.29. The number of halogens is 1. The summed E-state index contributed by atoms with van der Waals surface area (Å²) in [6, 6.07) is 9.25. The fraction of sp³-hybridized carbons (Fsp3) is 0.308. The van der Waals surface area contributed by atoms with E-state index in [1.807, 2.05) is 30.3 Å². The molecule has 3 atom stereocenters. The molecule has 1 aromatic carbocycles. The van der Waals surface area contributed by atoms with Gasteiger partial charge in [0, 0.05) is 12.5 Å². The molecule has 2 unspecified atom stereocenters. The summed E-state index contributed by atoms with van der Waals surface area (Å²) in [6.45, 7) is 0. The molecule has 1 aromatic rings. The molecule has 90 valence electrons. The van der Waals surface area contributed by atoms with E-state index in [1.54, 1.807) is 6.08 Å². The number of carbonyl (C=O) groups is 1. The van der Waals surface area contributed by atoms with Gasteiger partial charge < -0.3 is 9.84 Å². The number of alkyl halides is 1. The monoisotopic (exact) mass is 252 g/mol. The molecule has 1 aliphatic rings. The van der Waals surface area contributed by atoms with Crippen molar-refractivity contribution in [2.45, 2.75) is 24.0 Å². The molecule has 4 heteroatoms. The Balaban J connectivity index is 2.07. The van der Waals surface area contributed by atoms with Crippen LogP contribution in [0.4, 0.5) is 0 Å². The number of cyclic esters (lactones) is 1. The Bertz CT molecular complexity index is 416. The predicted molar refractivity (Wildman–Crippen MR) is 64.7 cm³/mol. The maximum Gasteiger partial charge on any atom is 0.330 e. The van der Waals surface area contributed by atoms with E-state index < -0.39 is 23.6 Å². The van der Waals surface area contributed by atoms with Gasteiger partial charge in [-0.05, 0) is 5.56 Å². The minimum Gasteiger partial charge on any atom is -0.456 e. The maximum absolute atomic E-state index is 11.1. The molecule has 1 heterocycles. The maximum atomic E-state index is 11.1. The van der Waals surface area contributed by atoms with Crippen LogP contribution < -0.4 is 0 Å². The summed E-state index contributed by atoms with van der Waals surface area (Å²) in [5, 5.41) is 9.49. The standard InChI is InChI=1S/C13H13ClO3/c14-12(9-5-2-1-3-6-9)13(16)10-7-4-8-11(15)17-10/h1-6,8,10,12-13,16H,7H2/t10?,12?,13-/m0/s1. The van der Waals surface area contributed by atoms with Gasteiger partial charge in [0.15, 0.2) is 0 Å². The van der Waals surface area contributed by atoms with Gasteiger partial charge in [-0.25, -0.2) is 4.79 Å². The van der Waals surface area contributed by atoms with Crippen LogP contribution in [-0.2, 0) is 9.53 Å². The molecule has 0 saturated carbocycles. The average Bonchev–Trinajstić information content (AvgIpc) is 2.38. The molecule has 0 spiro atoms. The molecule has 0 bridgehead atoms. The molecule has 0 fully saturated rings. The first-order chi connectivity index (χ1) is 8.18. The predicted octanol–water partition coefficient (Wildman–Crippen LogP) is 2.20. The number of rotatable bonds is 3. The highest BCUT2D eigenvalue weighted by atomic mass is 35.5. The molecular formula is C13H13ClO3. The van der Waals surface area contributed by atoms with E-state index in [2.05, 4.69) is 0 Å². The van der Waals surface area contributed by atoms with Crippen molar-refractivity contribution in [3.8, 4) is 0 Å². The molecule has 1 aliphatic heterocycles. The number of ether oxygens (including phenoxy) is 1. The van der Waals surface area contributed by atoms with Gasteiger partial charge in [-0.1, -0.05) is 36.4 Å². The van der Waals surface area contributed by atoms with E-state index in [0.29, 0.717) is 6.42 Å². The van der Waals surface area contributed by atoms with Gasteiger partial charge in [0.1, 0.15) is 12.2 Å². The van der Waals surface area contributed by atoms with Gasteiger partial charge in [0.05, 0.1) is 5.38 Å². The third-order valence-electron chi connectivity index (χ3n) is 2.69. The number of hydrogen-bond acceptors (Lipinski definition) is 3. The second kappa shape index (κ2) is 5.34. The largest absolute Gasteiger partial charge is 0.456 e. The summed E-state index contributed by atoms with van der Waals surface area (Å²) < 4.78 is 5.03. The van der Waals surface area contributed by atoms with Crippen LogP contribution in [0, 0.1) is 0 Å². The first-order valence-corrected chi connectivity index (χ1v) is 5.86. The topological polar surface area (TPSA) is 46.5 Å². The van der Waals surface area contributed by atoms with Gasteiger partial charge in [-0.3, -0.25) is 0 Å². The average molecular weight is 253 g/mol. The fourth-order valence-corrected chi connectivity index (χ4v) is 2.07. The summed E-state index contributed by atoms with van der Waals surface area (Å²) in [5.41, 5.74) is 0.812. The molecule has 17 heavy (non-hydrogen) atoms. The minimum absolute atomic E-state index is 0.433. The van der Waals surface area contributed by atoms with Crippen LogP contribution in [0.2, 0.25) is 0 Å². The minimum atomic E-state index is -0.909. The Labute approximate surface area is 105 Å². The van der Waals surface area contributed by atoms with Crippen molar-refractivity contribution in [2.24, 2.45) is 0 Å². The summed E-state index contributed by atoms with van der Waals surface area (Å²) >= 11 is 6.17. The lowest BCUT2D eigenvalue weighted by molar-refractivity contribution is -0.150. The van der Waals surface area contributed by atoms with E-state index in [9.17, 15) is 9.90 Å². The number of esters is 1. The molecule has 0 aromatic heterocycles. The lowest BCUT2D eigenvalue weighted by atomic mass is 10.00. The van der Waals surface area contributed by atoms with Crippen LogP contribution in [-0.4, -0.2) is 23.3 Å². The van der Waals surface area contributed by atoms with Crippen molar-refractivity contribution in [3.05, 3.63) is 48.0 Å². The number of hydrogen-bond donors (Lipinski definition) is 1. The van der Waals surface area contributed by atoms with Crippen LogP contribution in [0.1, 0.15) is 17.4 Å². The summed E-state index contributed by atoms with van der Waals surface area (Å²) in [5.74, 6) is -0.433. The third-order valence-corrected chi connectivity index (χ3v) is 3.20. The van der Waals surface area contributed by atoms with Crippen molar-refractivity contribution >= 4 is 17.6 Å². The molecule has 0 amide bonds. The second-order valence-corrected chi connectivity index (χ2v) is 4.39. The zero-order valence-electron chi connectivity index (χ0n) is 9.12. The highest BCUT2D eigenvalue weighted by Gasteiger charge is 2.30. The molecule has 2 rings (SSSR count). The smallest absolute Gasteiger partial charge is 0.330 e. The van der Waals surface area contributed by atoms with Gasteiger partial charge in [0.25, 0.3) is 0 Å². The molecule has 3 nitrogen and oxygen atoms in total. The van der Waals surface area contributed by atoms with E-state index >= 15 is 0 Å². The zero-order valence-corrected chi connectivity index (χ0v) is 9.88. The van der Waals surface area contributed by atoms with Crippen LogP contribution in [0.15, 0.2) is 42.5 Å². The summed E-state index contributed by atoms with van der Waals surface area (Å²) in [6.07, 6.45) is 2.05. The Morgan fingerprint density at radius 3 is 2.71 bits per heavy atom. The zero-order chi connectivity index (χ0) is 12.3. The third kappa shape index (κ3) is 2.87. The summed E-state index contributed by atoms with van der Waals surface area (Å²) in [7, 11) is 0. The van der Waals surface area contributed by atoms with Crippen molar-refractivity contribution in [1.82, 2.24) is 0 Å². The Morgan fingerprint density at radius 1 is 1.35 bits per heavy atom. The van der Waals surface area contributed by atoms with E-state index in [1.165, 1.54) is 6.08 Å². The van der Waals surface area contributed by atoms with Crippen LogP contribution in [0.3, 0.4) is 0 Å². The first kappa shape index (κ1) is 12.1. The van der Waals surface area contributed by atoms with E-state index in [-0.39, 0.29) is 0 Å². The second-order valence-electron chi connectivity index (χ2n) is 3.92. The number of benzene rings is 1. The molecule has 1 N–H and O–H groups in total. The lowest BCUT2D eigenvalue weighted by Gasteiger charge is -2.27. The van der Waals surface area contributed by atoms with Crippen LogP contribution in [0.5, 0.6) is 0 Å². The lowest BCUT2D eigenvalue weighted by Crippen LogP contribution is -2.35. The Hall–Kier alpha value is -1.32. The van der Waals surface area contributed by atoms with Crippen LogP contribution >= 0.6 is 11.6 Å². The van der Waals surface area contributed by atoms with Crippen molar-refractivity contribution < 1.29 is 14.6 Å². The van der Waals surface area contributed by atoms with Crippen molar-refractivity contribution in [3.63, 3.8) is 0 Å². The van der Waals surface area contributed by atoms with Crippen LogP contribution in [0.25, 0.3) is 0 Å². The Morgan fingerprint density at radius 2 is 2.06 bits per heavy atom. The van der Waals surface area contributed by atoms with Gasteiger partial charge in [0.2, 0.25) is 0 Å². The van der Waals surface area contributed by atoms with Gasteiger partial charge >= 0.3 is 5.97 Å². The molecule has 0 aliphatic carbocycles.